The summed E-state index contributed by atoms with van der Waals surface area (Å²) in [5, 5.41) is 0. The topological polar surface area (TPSA) is 78.3 Å². The average Bonchev–Trinajstić information content (AvgIpc) is 2.38. The molecule has 0 amide bonds. The smallest absolute Gasteiger partial charge is 0.198 e. The zero-order valence-electron chi connectivity index (χ0n) is 10.3. The standard InChI is InChI=1S/C14H13FN2O2/c1-19-13-5-2-8(15)6-11(13)14(18)10-4-3-9(16)7-12(10)17/h2-7H,16-17H2,1H3. The molecule has 4 N–H and O–H groups in total. The minimum absolute atomic E-state index is 0.124. The van der Waals surface area contributed by atoms with Gasteiger partial charge in [-0.2, -0.15) is 0 Å². The van der Waals surface area contributed by atoms with Crippen LogP contribution in [-0.4, -0.2) is 12.9 Å². The third kappa shape index (κ3) is 2.49. The van der Waals surface area contributed by atoms with Crippen molar-refractivity contribution in [3.63, 3.8) is 0 Å². The van der Waals surface area contributed by atoms with Crippen molar-refractivity contribution in [3.8, 4) is 5.75 Å². The van der Waals surface area contributed by atoms with E-state index in [2.05, 4.69) is 0 Å². The quantitative estimate of drug-likeness (QED) is 0.655. The lowest BCUT2D eigenvalue weighted by molar-refractivity contribution is 0.103. The van der Waals surface area contributed by atoms with E-state index >= 15 is 0 Å². The number of anilines is 2. The fraction of sp³-hybridized carbons (Fsp3) is 0.0714. The molecule has 0 aliphatic carbocycles. The Morgan fingerprint density at radius 2 is 1.84 bits per heavy atom. The Balaban J connectivity index is 2.52. The maximum atomic E-state index is 13.3. The molecule has 0 aromatic heterocycles. The number of ether oxygens (including phenoxy) is 1. The van der Waals surface area contributed by atoms with Gasteiger partial charge in [0, 0.05) is 16.9 Å². The number of carbonyl (C=O) groups excluding carboxylic acids is 1. The van der Waals surface area contributed by atoms with Crippen LogP contribution in [-0.2, 0) is 0 Å². The zero-order valence-corrected chi connectivity index (χ0v) is 10.3. The van der Waals surface area contributed by atoms with Gasteiger partial charge in [0.1, 0.15) is 11.6 Å². The van der Waals surface area contributed by atoms with Gasteiger partial charge in [-0.3, -0.25) is 4.79 Å². The largest absolute Gasteiger partial charge is 0.496 e. The molecule has 0 fully saturated rings. The Morgan fingerprint density at radius 3 is 2.47 bits per heavy atom. The molecule has 98 valence electrons. The van der Waals surface area contributed by atoms with Crippen molar-refractivity contribution in [2.75, 3.05) is 18.6 Å². The second-order valence-corrected chi connectivity index (χ2v) is 4.02. The number of methoxy groups -OCH3 is 1. The summed E-state index contributed by atoms with van der Waals surface area (Å²) in [5.74, 6) is -0.630. The highest BCUT2D eigenvalue weighted by molar-refractivity contribution is 6.13. The van der Waals surface area contributed by atoms with Crippen LogP contribution in [0.15, 0.2) is 36.4 Å². The monoisotopic (exact) mass is 260 g/mol. The number of hydrogen-bond acceptors (Lipinski definition) is 4. The molecule has 0 saturated heterocycles. The van der Waals surface area contributed by atoms with Gasteiger partial charge in [0.15, 0.2) is 5.78 Å². The number of carbonyl (C=O) groups is 1. The third-order valence-corrected chi connectivity index (χ3v) is 2.73. The minimum atomic E-state index is -0.516. The normalized spacial score (nSPS) is 10.2. The summed E-state index contributed by atoms with van der Waals surface area (Å²) < 4.78 is 18.3. The van der Waals surface area contributed by atoms with E-state index in [-0.39, 0.29) is 16.8 Å². The molecule has 0 bridgehead atoms. The van der Waals surface area contributed by atoms with E-state index in [0.717, 1.165) is 6.07 Å². The molecule has 0 radical (unpaired) electrons. The maximum absolute atomic E-state index is 13.3. The van der Waals surface area contributed by atoms with Crippen molar-refractivity contribution in [1.82, 2.24) is 0 Å². The molecule has 0 heterocycles. The van der Waals surface area contributed by atoms with Gasteiger partial charge in [-0.25, -0.2) is 4.39 Å². The first-order valence-electron chi connectivity index (χ1n) is 5.56. The van der Waals surface area contributed by atoms with Gasteiger partial charge < -0.3 is 16.2 Å². The van der Waals surface area contributed by atoms with E-state index < -0.39 is 11.6 Å². The van der Waals surface area contributed by atoms with E-state index in [9.17, 15) is 9.18 Å². The van der Waals surface area contributed by atoms with Crippen LogP contribution in [0.5, 0.6) is 5.75 Å². The number of nitrogen functional groups attached to an aromatic ring is 2. The Hall–Kier alpha value is -2.56. The summed E-state index contributed by atoms with van der Waals surface area (Å²) in [4.78, 5) is 12.3. The van der Waals surface area contributed by atoms with Gasteiger partial charge in [0.25, 0.3) is 0 Å². The van der Waals surface area contributed by atoms with Crippen LogP contribution in [0.4, 0.5) is 15.8 Å². The highest BCUT2D eigenvalue weighted by Gasteiger charge is 2.17. The van der Waals surface area contributed by atoms with Crippen molar-refractivity contribution in [2.24, 2.45) is 0 Å². The fourth-order valence-electron chi connectivity index (χ4n) is 1.79. The molecule has 0 aliphatic rings. The Bertz CT molecular complexity index is 641. The van der Waals surface area contributed by atoms with Gasteiger partial charge in [-0.15, -0.1) is 0 Å². The van der Waals surface area contributed by atoms with Crippen molar-refractivity contribution in [2.45, 2.75) is 0 Å². The number of rotatable bonds is 3. The van der Waals surface area contributed by atoms with Crippen LogP contribution in [0, 0.1) is 5.82 Å². The first-order valence-corrected chi connectivity index (χ1v) is 5.56. The van der Waals surface area contributed by atoms with Gasteiger partial charge in [-0.05, 0) is 36.4 Å². The van der Waals surface area contributed by atoms with Crippen LogP contribution in [0.25, 0.3) is 0 Å². The Morgan fingerprint density at radius 1 is 1.11 bits per heavy atom. The Labute approximate surface area is 109 Å². The summed E-state index contributed by atoms with van der Waals surface area (Å²) in [6, 6.07) is 8.31. The molecule has 2 aromatic rings. The van der Waals surface area contributed by atoms with Gasteiger partial charge in [-0.1, -0.05) is 0 Å². The number of ketones is 1. The van der Waals surface area contributed by atoms with Crippen LogP contribution < -0.4 is 16.2 Å². The first-order chi connectivity index (χ1) is 9.02. The molecule has 5 heteroatoms. The average molecular weight is 260 g/mol. The second kappa shape index (κ2) is 4.97. The van der Waals surface area contributed by atoms with E-state index in [1.165, 1.54) is 31.4 Å². The lowest BCUT2D eigenvalue weighted by Crippen LogP contribution is -2.08. The zero-order chi connectivity index (χ0) is 14.0. The predicted octanol–water partition coefficient (Wildman–Crippen LogP) is 2.23. The van der Waals surface area contributed by atoms with Gasteiger partial charge >= 0.3 is 0 Å². The molecule has 4 nitrogen and oxygen atoms in total. The van der Waals surface area contributed by atoms with Crippen LogP contribution in [0.3, 0.4) is 0 Å². The highest BCUT2D eigenvalue weighted by Crippen LogP contribution is 2.25. The van der Waals surface area contributed by atoms with Crippen molar-refractivity contribution in [3.05, 3.63) is 53.3 Å². The Kier molecular flexibility index (Phi) is 3.37. The molecule has 0 spiro atoms. The van der Waals surface area contributed by atoms with Crippen molar-refractivity contribution in [1.29, 1.82) is 0 Å². The fourth-order valence-corrected chi connectivity index (χ4v) is 1.79. The van der Waals surface area contributed by atoms with Crippen LogP contribution >= 0.6 is 0 Å². The van der Waals surface area contributed by atoms with E-state index in [1.807, 2.05) is 0 Å². The molecular formula is C14H13FN2O2. The number of hydrogen-bond donors (Lipinski definition) is 2. The number of halogens is 1. The van der Waals surface area contributed by atoms with E-state index in [0.29, 0.717) is 11.4 Å². The third-order valence-electron chi connectivity index (χ3n) is 2.73. The lowest BCUT2D eigenvalue weighted by atomic mass is 10.0. The molecule has 0 saturated carbocycles. The molecule has 0 atom stereocenters. The molecule has 19 heavy (non-hydrogen) atoms. The predicted molar refractivity (Wildman–Crippen MR) is 71.7 cm³/mol. The molecule has 0 unspecified atom stereocenters. The summed E-state index contributed by atoms with van der Waals surface area (Å²) in [6.07, 6.45) is 0. The van der Waals surface area contributed by atoms with Crippen molar-refractivity contribution >= 4 is 17.2 Å². The van der Waals surface area contributed by atoms with Crippen molar-refractivity contribution < 1.29 is 13.9 Å². The lowest BCUT2D eigenvalue weighted by Gasteiger charge is -2.09. The summed E-state index contributed by atoms with van der Waals surface area (Å²) in [7, 11) is 1.41. The summed E-state index contributed by atoms with van der Waals surface area (Å²) in [5.41, 5.74) is 12.4. The van der Waals surface area contributed by atoms with E-state index in [4.69, 9.17) is 16.2 Å². The SMILES string of the molecule is COc1ccc(F)cc1C(=O)c1ccc(N)cc1N. The second-order valence-electron chi connectivity index (χ2n) is 4.02. The first kappa shape index (κ1) is 12.9. The maximum Gasteiger partial charge on any atom is 0.198 e. The van der Waals surface area contributed by atoms with Crippen LogP contribution in [0.1, 0.15) is 15.9 Å². The molecular weight excluding hydrogens is 247 g/mol. The minimum Gasteiger partial charge on any atom is -0.496 e. The summed E-state index contributed by atoms with van der Waals surface area (Å²) in [6.45, 7) is 0. The number of nitrogens with two attached hydrogens (primary N) is 2. The van der Waals surface area contributed by atoms with Gasteiger partial charge in [0.2, 0.25) is 0 Å². The molecule has 0 aliphatic heterocycles. The molecule has 2 rings (SSSR count). The summed E-state index contributed by atoms with van der Waals surface area (Å²) >= 11 is 0. The van der Waals surface area contributed by atoms with Gasteiger partial charge in [0.05, 0.1) is 12.7 Å². The van der Waals surface area contributed by atoms with E-state index in [1.54, 1.807) is 6.07 Å². The highest BCUT2D eigenvalue weighted by atomic mass is 19.1. The molecule has 2 aromatic carbocycles. The number of benzene rings is 2. The van der Waals surface area contributed by atoms with Crippen LogP contribution in [0.2, 0.25) is 0 Å².